The minimum absolute atomic E-state index is 0.0576. The first-order valence-electron chi connectivity index (χ1n) is 7.60. The Balaban J connectivity index is 1.96. The monoisotopic (exact) mass is 267 g/mol. The van der Waals surface area contributed by atoms with Crippen LogP contribution in [0.2, 0.25) is 0 Å². The van der Waals surface area contributed by atoms with Crippen molar-refractivity contribution in [2.24, 2.45) is 29.4 Å². The van der Waals surface area contributed by atoms with E-state index in [1.54, 1.807) is 0 Å². The number of likely N-dealkylation sites (N-methyl/N-ethyl adjacent to an activating group) is 1. The SMILES string of the molecule is CC(C)C(CN(C)C)NC(=O)C1C2CCC(C2)C1N. The van der Waals surface area contributed by atoms with Crippen LogP contribution in [-0.2, 0) is 4.79 Å². The lowest BCUT2D eigenvalue weighted by molar-refractivity contribution is -0.128. The van der Waals surface area contributed by atoms with Crippen molar-refractivity contribution in [3.05, 3.63) is 0 Å². The average Bonchev–Trinajstić information content (AvgIpc) is 2.87. The van der Waals surface area contributed by atoms with E-state index in [1.165, 1.54) is 19.3 Å². The zero-order valence-corrected chi connectivity index (χ0v) is 12.7. The van der Waals surface area contributed by atoms with Gasteiger partial charge in [0.15, 0.2) is 0 Å². The number of nitrogens with two attached hydrogens (primary N) is 1. The lowest BCUT2D eigenvalue weighted by atomic mass is 9.84. The van der Waals surface area contributed by atoms with Gasteiger partial charge in [-0.2, -0.15) is 0 Å². The Morgan fingerprint density at radius 2 is 1.95 bits per heavy atom. The molecule has 4 heteroatoms. The summed E-state index contributed by atoms with van der Waals surface area (Å²) in [5.74, 6) is 1.82. The van der Waals surface area contributed by atoms with Crippen LogP contribution >= 0.6 is 0 Å². The van der Waals surface area contributed by atoms with E-state index >= 15 is 0 Å². The molecule has 2 saturated carbocycles. The van der Waals surface area contributed by atoms with Gasteiger partial charge in [-0.1, -0.05) is 13.8 Å². The van der Waals surface area contributed by atoms with Crippen LogP contribution in [0.4, 0.5) is 0 Å². The van der Waals surface area contributed by atoms with Gasteiger partial charge in [-0.3, -0.25) is 4.79 Å². The van der Waals surface area contributed by atoms with Gasteiger partial charge in [-0.25, -0.2) is 0 Å². The Labute approximate surface area is 117 Å². The molecule has 0 aromatic carbocycles. The largest absolute Gasteiger partial charge is 0.352 e. The number of hydrogen-bond acceptors (Lipinski definition) is 3. The summed E-state index contributed by atoms with van der Waals surface area (Å²) in [6.45, 7) is 5.21. The molecule has 0 saturated heterocycles. The molecule has 0 radical (unpaired) electrons. The van der Waals surface area contributed by atoms with Crippen molar-refractivity contribution in [1.29, 1.82) is 0 Å². The Kier molecular flexibility index (Phi) is 4.51. The van der Waals surface area contributed by atoms with Gasteiger partial charge in [0.1, 0.15) is 0 Å². The van der Waals surface area contributed by atoms with Gasteiger partial charge >= 0.3 is 0 Å². The molecule has 0 aromatic rings. The van der Waals surface area contributed by atoms with Crippen molar-refractivity contribution in [3.8, 4) is 0 Å². The molecule has 2 aliphatic carbocycles. The van der Waals surface area contributed by atoms with Gasteiger partial charge in [0, 0.05) is 18.6 Å². The molecule has 0 spiro atoms. The maximum atomic E-state index is 12.5. The molecule has 19 heavy (non-hydrogen) atoms. The summed E-state index contributed by atoms with van der Waals surface area (Å²) in [7, 11) is 4.09. The maximum absolute atomic E-state index is 12.5. The third-order valence-corrected chi connectivity index (χ3v) is 4.98. The van der Waals surface area contributed by atoms with Crippen molar-refractivity contribution in [2.45, 2.75) is 45.2 Å². The highest BCUT2D eigenvalue weighted by molar-refractivity contribution is 5.80. The first-order chi connectivity index (χ1) is 8.90. The molecule has 4 nitrogen and oxygen atoms in total. The van der Waals surface area contributed by atoms with Crippen molar-refractivity contribution in [2.75, 3.05) is 20.6 Å². The van der Waals surface area contributed by atoms with Crippen LogP contribution in [0, 0.1) is 23.7 Å². The normalized spacial score (nSPS) is 35.1. The summed E-state index contributed by atoms with van der Waals surface area (Å²) < 4.78 is 0. The highest BCUT2D eigenvalue weighted by Crippen LogP contribution is 2.47. The fraction of sp³-hybridized carbons (Fsp3) is 0.933. The summed E-state index contributed by atoms with van der Waals surface area (Å²) in [6, 6.07) is 0.305. The van der Waals surface area contributed by atoms with Crippen LogP contribution < -0.4 is 11.1 Å². The molecular formula is C15H29N3O. The third kappa shape index (κ3) is 3.11. The highest BCUT2D eigenvalue weighted by atomic mass is 16.2. The second-order valence-electron chi connectivity index (χ2n) is 7.06. The van der Waals surface area contributed by atoms with E-state index in [2.05, 4.69) is 24.1 Å². The number of nitrogens with one attached hydrogen (secondary N) is 1. The van der Waals surface area contributed by atoms with Gasteiger partial charge in [0.2, 0.25) is 5.91 Å². The van der Waals surface area contributed by atoms with E-state index in [1.807, 2.05) is 14.1 Å². The van der Waals surface area contributed by atoms with E-state index < -0.39 is 0 Å². The number of hydrogen-bond donors (Lipinski definition) is 2. The Hall–Kier alpha value is -0.610. The van der Waals surface area contributed by atoms with Gasteiger partial charge in [-0.15, -0.1) is 0 Å². The molecule has 0 aliphatic heterocycles. The molecule has 2 bridgehead atoms. The van der Waals surface area contributed by atoms with Gasteiger partial charge < -0.3 is 16.0 Å². The Bertz CT molecular complexity index is 327. The molecule has 2 aliphatic rings. The van der Waals surface area contributed by atoms with Crippen LogP contribution in [0.5, 0.6) is 0 Å². The summed E-state index contributed by atoms with van der Waals surface area (Å²) >= 11 is 0. The van der Waals surface area contributed by atoms with Crippen LogP contribution in [0.15, 0.2) is 0 Å². The Morgan fingerprint density at radius 1 is 1.32 bits per heavy atom. The molecule has 2 rings (SSSR count). The quantitative estimate of drug-likeness (QED) is 0.783. The number of carbonyl (C=O) groups is 1. The highest BCUT2D eigenvalue weighted by Gasteiger charge is 2.49. The predicted octanol–water partition coefficient (Wildman–Crippen LogP) is 1.06. The molecule has 0 heterocycles. The van der Waals surface area contributed by atoms with Crippen molar-refractivity contribution >= 4 is 5.91 Å². The van der Waals surface area contributed by atoms with Crippen molar-refractivity contribution in [1.82, 2.24) is 10.2 Å². The lowest BCUT2D eigenvalue weighted by Crippen LogP contribution is -2.51. The molecule has 5 unspecified atom stereocenters. The minimum Gasteiger partial charge on any atom is -0.352 e. The molecule has 1 amide bonds. The number of carbonyl (C=O) groups excluding carboxylic acids is 1. The molecule has 110 valence electrons. The van der Waals surface area contributed by atoms with Crippen LogP contribution in [0.25, 0.3) is 0 Å². The van der Waals surface area contributed by atoms with Crippen LogP contribution in [0.1, 0.15) is 33.1 Å². The number of fused-ring (bicyclic) bond motifs is 2. The summed E-state index contributed by atoms with van der Waals surface area (Å²) in [5.41, 5.74) is 6.25. The van der Waals surface area contributed by atoms with Crippen molar-refractivity contribution in [3.63, 3.8) is 0 Å². The predicted molar refractivity (Wildman–Crippen MR) is 77.6 cm³/mol. The first kappa shape index (κ1) is 14.8. The molecule has 3 N–H and O–H groups in total. The standard InChI is InChI=1S/C15H29N3O/c1-9(2)12(8-18(3)4)17-15(19)13-10-5-6-11(7-10)14(13)16/h9-14H,5-8,16H2,1-4H3,(H,17,19). The summed E-state index contributed by atoms with van der Waals surface area (Å²) in [6.07, 6.45) is 3.58. The molecular weight excluding hydrogens is 238 g/mol. The lowest BCUT2D eigenvalue weighted by Gasteiger charge is -2.31. The van der Waals surface area contributed by atoms with Gasteiger partial charge in [-0.05, 0) is 51.1 Å². The smallest absolute Gasteiger partial charge is 0.225 e. The number of amides is 1. The number of rotatable bonds is 5. The second kappa shape index (κ2) is 5.80. The van der Waals surface area contributed by atoms with E-state index in [0.717, 1.165) is 6.54 Å². The third-order valence-electron chi connectivity index (χ3n) is 4.98. The summed E-state index contributed by atoms with van der Waals surface area (Å²) in [5, 5.41) is 3.24. The van der Waals surface area contributed by atoms with E-state index in [9.17, 15) is 4.79 Å². The van der Waals surface area contributed by atoms with E-state index in [0.29, 0.717) is 17.8 Å². The zero-order valence-electron chi connectivity index (χ0n) is 12.7. The van der Waals surface area contributed by atoms with E-state index in [4.69, 9.17) is 5.73 Å². The fourth-order valence-corrected chi connectivity index (χ4v) is 3.82. The summed E-state index contributed by atoms with van der Waals surface area (Å²) in [4.78, 5) is 14.7. The van der Waals surface area contributed by atoms with Crippen LogP contribution in [0.3, 0.4) is 0 Å². The minimum atomic E-state index is 0.0576. The van der Waals surface area contributed by atoms with Crippen LogP contribution in [-0.4, -0.2) is 43.5 Å². The first-order valence-corrected chi connectivity index (χ1v) is 7.60. The molecule has 0 aromatic heterocycles. The molecule has 2 fully saturated rings. The molecule has 5 atom stereocenters. The number of nitrogens with zero attached hydrogens (tertiary/aromatic N) is 1. The fourth-order valence-electron chi connectivity index (χ4n) is 3.82. The van der Waals surface area contributed by atoms with Gasteiger partial charge in [0.25, 0.3) is 0 Å². The maximum Gasteiger partial charge on any atom is 0.225 e. The second-order valence-corrected chi connectivity index (χ2v) is 7.06. The van der Waals surface area contributed by atoms with Gasteiger partial charge in [0.05, 0.1) is 5.92 Å². The van der Waals surface area contributed by atoms with E-state index in [-0.39, 0.29) is 23.9 Å². The van der Waals surface area contributed by atoms with Crippen molar-refractivity contribution < 1.29 is 4.79 Å². The Morgan fingerprint density at radius 3 is 2.42 bits per heavy atom. The zero-order chi connectivity index (χ0) is 14.2. The topological polar surface area (TPSA) is 58.4 Å². The average molecular weight is 267 g/mol.